The molecule has 1 amide bonds. The maximum Gasteiger partial charge on any atom is 0.251 e. The van der Waals surface area contributed by atoms with Gasteiger partial charge < -0.3 is 11.1 Å². The Labute approximate surface area is 132 Å². The molecule has 0 saturated heterocycles. The van der Waals surface area contributed by atoms with Crippen LogP contribution in [0.1, 0.15) is 39.5 Å². The van der Waals surface area contributed by atoms with Gasteiger partial charge in [0.15, 0.2) is 0 Å². The number of nitrogens with two attached hydrogens (primary N) is 1. The molecule has 2 aromatic carbocycles. The molecular formula is C17H17BrN2O. The van der Waals surface area contributed by atoms with E-state index in [1.807, 2.05) is 43.3 Å². The molecule has 4 heteroatoms. The molecule has 1 aliphatic rings. The van der Waals surface area contributed by atoms with E-state index < -0.39 is 0 Å². The first-order valence-corrected chi connectivity index (χ1v) is 7.78. The minimum Gasteiger partial charge on any atom is -0.399 e. The van der Waals surface area contributed by atoms with Gasteiger partial charge in [-0.2, -0.15) is 0 Å². The van der Waals surface area contributed by atoms with Gasteiger partial charge in [-0.25, -0.2) is 0 Å². The van der Waals surface area contributed by atoms with E-state index in [0.29, 0.717) is 5.56 Å². The third kappa shape index (κ3) is 2.95. The van der Waals surface area contributed by atoms with Gasteiger partial charge in [-0.3, -0.25) is 4.79 Å². The first-order chi connectivity index (χ1) is 10.0. The minimum atomic E-state index is -0.0333. The lowest BCUT2D eigenvalue weighted by Crippen LogP contribution is -2.27. The number of fused-ring (bicyclic) bond motifs is 1. The van der Waals surface area contributed by atoms with Crippen LogP contribution in [-0.4, -0.2) is 5.91 Å². The van der Waals surface area contributed by atoms with Gasteiger partial charge in [0, 0.05) is 15.7 Å². The summed E-state index contributed by atoms with van der Waals surface area (Å²) in [5.41, 5.74) is 10.8. The van der Waals surface area contributed by atoms with Gasteiger partial charge in [0.25, 0.3) is 5.91 Å². The predicted molar refractivity (Wildman–Crippen MR) is 88.3 cm³/mol. The van der Waals surface area contributed by atoms with Crippen LogP contribution in [-0.2, 0) is 6.42 Å². The van der Waals surface area contributed by atoms with E-state index in [9.17, 15) is 4.79 Å². The van der Waals surface area contributed by atoms with E-state index in [2.05, 4.69) is 21.2 Å². The highest BCUT2D eigenvalue weighted by Crippen LogP contribution is 2.32. The van der Waals surface area contributed by atoms with Gasteiger partial charge in [0.2, 0.25) is 0 Å². The van der Waals surface area contributed by atoms with E-state index in [0.717, 1.165) is 28.6 Å². The van der Waals surface area contributed by atoms with Crippen LogP contribution in [0.3, 0.4) is 0 Å². The van der Waals surface area contributed by atoms with E-state index in [1.165, 1.54) is 11.1 Å². The lowest BCUT2D eigenvalue weighted by molar-refractivity contribution is 0.0936. The first kappa shape index (κ1) is 14.1. The van der Waals surface area contributed by atoms with Gasteiger partial charge in [-0.15, -0.1) is 0 Å². The summed E-state index contributed by atoms with van der Waals surface area (Å²) in [5, 5.41) is 3.12. The second kappa shape index (κ2) is 5.53. The standard InChI is InChI=1S/C17H17BrN2O/c1-10-6-12(8-13(18)7-10)17(21)20-16-5-2-11-9-14(19)3-4-15(11)16/h3-4,6-9,16H,2,5,19H2,1H3,(H,20,21). The van der Waals surface area contributed by atoms with E-state index >= 15 is 0 Å². The Morgan fingerprint density at radius 2 is 2.10 bits per heavy atom. The second-order valence-corrected chi connectivity index (χ2v) is 6.46. The maximum absolute atomic E-state index is 12.4. The van der Waals surface area contributed by atoms with Gasteiger partial charge in [-0.1, -0.05) is 22.0 Å². The van der Waals surface area contributed by atoms with Crippen LogP contribution in [0.4, 0.5) is 5.69 Å². The normalized spacial score (nSPS) is 16.6. The van der Waals surface area contributed by atoms with Crippen molar-refractivity contribution >= 4 is 27.5 Å². The quantitative estimate of drug-likeness (QED) is 0.815. The summed E-state index contributed by atoms with van der Waals surface area (Å²) in [6, 6.07) is 11.7. The topological polar surface area (TPSA) is 55.1 Å². The molecule has 0 bridgehead atoms. The fraction of sp³-hybridized carbons (Fsp3) is 0.235. The molecule has 1 unspecified atom stereocenters. The van der Waals surface area contributed by atoms with Crippen molar-refractivity contribution in [2.45, 2.75) is 25.8 Å². The number of nitrogens with one attached hydrogen (secondary N) is 1. The van der Waals surface area contributed by atoms with Gasteiger partial charge >= 0.3 is 0 Å². The molecule has 1 aliphatic carbocycles. The molecule has 0 fully saturated rings. The van der Waals surface area contributed by atoms with Crippen LogP contribution in [0.15, 0.2) is 40.9 Å². The monoisotopic (exact) mass is 344 g/mol. The van der Waals surface area contributed by atoms with Crippen molar-refractivity contribution in [2.75, 3.05) is 5.73 Å². The Morgan fingerprint density at radius 1 is 1.29 bits per heavy atom. The highest BCUT2D eigenvalue weighted by atomic mass is 79.9. The zero-order valence-electron chi connectivity index (χ0n) is 11.8. The SMILES string of the molecule is Cc1cc(Br)cc(C(=O)NC2CCc3cc(N)ccc32)c1. The third-order valence-electron chi connectivity index (χ3n) is 3.85. The van der Waals surface area contributed by atoms with Gasteiger partial charge in [-0.05, 0) is 66.8 Å². The average molecular weight is 345 g/mol. The lowest BCUT2D eigenvalue weighted by Gasteiger charge is -2.15. The summed E-state index contributed by atoms with van der Waals surface area (Å²) in [5.74, 6) is -0.0333. The zero-order chi connectivity index (χ0) is 15.0. The minimum absolute atomic E-state index is 0.0333. The molecule has 0 spiro atoms. The summed E-state index contributed by atoms with van der Waals surface area (Å²) in [6.07, 6.45) is 1.89. The summed E-state index contributed by atoms with van der Waals surface area (Å²) in [7, 11) is 0. The van der Waals surface area contributed by atoms with Crippen molar-refractivity contribution in [3.63, 3.8) is 0 Å². The summed E-state index contributed by atoms with van der Waals surface area (Å²) in [4.78, 5) is 12.4. The molecule has 0 aromatic heterocycles. The number of nitrogen functional groups attached to an aromatic ring is 1. The molecule has 3 nitrogen and oxygen atoms in total. The van der Waals surface area contributed by atoms with Crippen LogP contribution in [0.5, 0.6) is 0 Å². The van der Waals surface area contributed by atoms with E-state index in [-0.39, 0.29) is 11.9 Å². The molecule has 0 heterocycles. The Bertz CT molecular complexity index is 692. The molecule has 0 radical (unpaired) electrons. The largest absolute Gasteiger partial charge is 0.399 e. The molecule has 0 saturated carbocycles. The molecule has 0 aliphatic heterocycles. The Kier molecular flexibility index (Phi) is 3.72. The van der Waals surface area contributed by atoms with E-state index in [1.54, 1.807) is 0 Å². The summed E-state index contributed by atoms with van der Waals surface area (Å²) in [6.45, 7) is 1.98. The summed E-state index contributed by atoms with van der Waals surface area (Å²) >= 11 is 3.43. The Morgan fingerprint density at radius 3 is 2.86 bits per heavy atom. The van der Waals surface area contributed by atoms with Crippen LogP contribution < -0.4 is 11.1 Å². The van der Waals surface area contributed by atoms with Crippen LogP contribution >= 0.6 is 15.9 Å². The first-order valence-electron chi connectivity index (χ1n) is 6.99. The van der Waals surface area contributed by atoms with E-state index in [4.69, 9.17) is 5.73 Å². The number of hydrogen-bond donors (Lipinski definition) is 2. The highest BCUT2D eigenvalue weighted by Gasteiger charge is 2.24. The number of hydrogen-bond acceptors (Lipinski definition) is 2. The Hall–Kier alpha value is -1.81. The lowest BCUT2D eigenvalue weighted by atomic mass is 10.1. The van der Waals surface area contributed by atoms with Crippen LogP contribution in [0.2, 0.25) is 0 Å². The number of benzene rings is 2. The molecule has 3 N–H and O–H groups in total. The Balaban J connectivity index is 1.81. The molecule has 3 rings (SSSR count). The predicted octanol–water partition coefficient (Wildman–Crippen LogP) is 3.76. The van der Waals surface area contributed by atoms with Gasteiger partial charge in [0.05, 0.1) is 6.04 Å². The molecule has 21 heavy (non-hydrogen) atoms. The fourth-order valence-electron chi connectivity index (χ4n) is 2.90. The van der Waals surface area contributed by atoms with Gasteiger partial charge in [0.1, 0.15) is 0 Å². The van der Waals surface area contributed by atoms with Crippen LogP contribution in [0, 0.1) is 6.92 Å². The zero-order valence-corrected chi connectivity index (χ0v) is 13.4. The molecule has 108 valence electrons. The van der Waals surface area contributed by atoms with Crippen molar-refractivity contribution in [1.29, 1.82) is 0 Å². The summed E-state index contributed by atoms with van der Waals surface area (Å²) < 4.78 is 0.923. The van der Waals surface area contributed by atoms with Crippen molar-refractivity contribution in [3.8, 4) is 0 Å². The fourth-order valence-corrected chi connectivity index (χ4v) is 3.50. The highest BCUT2D eigenvalue weighted by molar-refractivity contribution is 9.10. The molecule has 1 atom stereocenters. The van der Waals surface area contributed by atoms with Crippen LogP contribution in [0.25, 0.3) is 0 Å². The van der Waals surface area contributed by atoms with Crippen molar-refractivity contribution in [2.24, 2.45) is 0 Å². The number of halogens is 1. The number of aryl methyl sites for hydroxylation is 2. The average Bonchev–Trinajstić information content (AvgIpc) is 2.80. The maximum atomic E-state index is 12.4. The number of carbonyl (C=O) groups excluding carboxylic acids is 1. The number of rotatable bonds is 2. The number of amides is 1. The smallest absolute Gasteiger partial charge is 0.251 e. The van der Waals surface area contributed by atoms with Crippen molar-refractivity contribution in [1.82, 2.24) is 5.32 Å². The number of anilines is 1. The molecular weight excluding hydrogens is 328 g/mol. The molecule has 2 aromatic rings. The third-order valence-corrected chi connectivity index (χ3v) is 4.31. The van der Waals surface area contributed by atoms with Crippen molar-refractivity contribution < 1.29 is 4.79 Å². The van der Waals surface area contributed by atoms with Crippen molar-refractivity contribution in [3.05, 3.63) is 63.1 Å². The number of carbonyl (C=O) groups is 1. The second-order valence-electron chi connectivity index (χ2n) is 5.54.